The van der Waals surface area contributed by atoms with E-state index < -0.39 is 5.97 Å². The van der Waals surface area contributed by atoms with Crippen molar-refractivity contribution in [2.75, 3.05) is 19.6 Å². The molecule has 0 aromatic carbocycles. The van der Waals surface area contributed by atoms with Crippen LogP contribution in [0.1, 0.15) is 13.8 Å². The maximum Gasteiger partial charge on any atom is 0.317 e. The van der Waals surface area contributed by atoms with E-state index in [-0.39, 0.29) is 12.6 Å². The molecular weight excluding hydrogens is 144 g/mol. The predicted octanol–water partition coefficient (Wildman–Crippen LogP) is -0.260. The molecule has 0 aromatic heterocycles. The Kier molecular flexibility index (Phi) is 4.81. The molecule has 0 aliphatic rings. The second kappa shape index (κ2) is 5.09. The van der Waals surface area contributed by atoms with Gasteiger partial charge in [-0.25, -0.2) is 0 Å². The molecule has 0 radical (unpaired) electrons. The van der Waals surface area contributed by atoms with Crippen LogP contribution in [0.3, 0.4) is 0 Å². The van der Waals surface area contributed by atoms with Gasteiger partial charge in [-0.05, 0) is 13.8 Å². The third kappa shape index (κ3) is 4.75. The van der Waals surface area contributed by atoms with Gasteiger partial charge in [-0.15, -0.1) is 0 Å². The molecule has 0 aliphatic heterocycles. The zero-order valence-electron chi connectivity index (χ0n) is 7.08. The van der Waals surface area contributed by atoms with Crippen molar-refractivity contribution in [2.45, 2.75) is 19.9 Å². The summed E-state index contributed by atoms with van der Waals surface area (Å²) in [6.07, 6.45) is 0. The van der Waals surface area contributed by atoms with Crippen molar-refractivity contribution in [2.24, 2.45) is 5.73 Å². The summed E-state index contributed by atoms with van der Waals surface area (Å²) < 4.78 is 0. The molecule has 11 heavy (non-hydrogen) atoms. The molecule has 0 fully saturated rings. The zero-order valence-corrected chi connectivity index (χ0v) is 7.08. The predicted molar refractivity (Wildman–Crippen MR) is 43.4 cm³/mol. The number of carboxylic acid groups (broad SMARTS) is 1. The second-order valence-corrected chi connectivity index (χ2v) is 2.75. The lowest BCUT2D eigenvalue weighted by atomic mass is 10.3. The third-order valence-corrected chi connectivity index (χ3v) is 1.48. The van der Waals surface area contributed by atoms with E-state index in [9.17, 15) is 4.79 Å². The van der Waals surface area contributed by atoms with Gasteiger partial charge in [-0.1, -0.05) is 0 Å². The number of carboxylic acids is 1. The number of hydrogen-bond donors (Lipinski definition) is 2. The van der Waals surface area contributed by atoms with Crippen LogP contribution in [0.5, 0.6) is 0 Å². The van der Waals surface area contributed by atoms with E-state index in [0.717, 1.165) is 0 Å². The van der Waals surface area contributed by atoms with Gasteiger partial charge in [0.2, 0.25) is 0 Å². The molecule has 0 atom stereocenters. The molecular formula is C7H16N2O2. The Labute approximate surface area is 67.0 Å². The van der Waals surface area contributed by atoms with Gasteiger partial charge in [0.05, 0.1) is 6.54 Å². The summed E-state index contributed by atoms with van der Waals surface area (Å²) in [5, 5.41) is 8.48. The molecule has 0 spiro atoms. The zero-order chi connectivity index (χ0) is 8.85. The first kappa shape index (κ1) is 10.4. The average Bonchev–Trinajstić information content (AvgIpc) is 1.86. The minimum absolute atomic E-state index is 0.0782. The van der Waals surface area contributed by atoms with Crippen molar-refractivity contribution in [3.63, 3.8) is 0 Å². The Bertz CT molecular complexity index is 126. The van der Waals surface area contributed by atoms with Crippen molar-refractivity contribution in [1.29, 1.82) is 0 Å². The van der Waals surface area contributed by atoms with Crippen molar-refractivity contribution in [3.8, 4) is 0 Å². The average molecular weight is 160 g/mol. The normalized spacial score (nSPS) is 11.0. The largest absolute Gasteiger partial charge is 0.480 e. The van der Waals surface area contributed by atoms with Crippen LogP contribution in [-0.2, 0) is 4.79 Å². The molecule has 0 bridgehead atoms. The summed E-state index contributed by atoms with van der Waals surface area (Å²) in [5.41, 5.74) is 5.31. The summed E-state index contributed by atoms with van der Waals surface area (Å²) >= 11 is 0. The van der Waals surface area contributed by atoms with Crippen LogP contribution in [0, 0.1) is 0 Å². The van der Waals surface area contributed by atoms with E-state index in [1.54, 1.807) is 0 Å². The van der Waals surface area contributed by atoms with Crippen molar-refractivity contribution in [3.05, 3.63) is 0 Å². The molecule has 0 saturated heterocycles. The van der Waals surface area contributed by atoms with Crippen LogP contribution in [-0.4, -0.2) is 41.7 Å². The number of nitrogens with zero attached hydrogens (tertiary/aromatic N) is 1. The van der Waals surface area contributed by atoms with Gasteiger partial charge in [-0.3, -0.25) is 9.69 Å². The van der Waals surface area contributed by atoms with E-state index in [1.165, 1.54) is 0 Å². The quantitative estimate of drug-likeness (QED) is 0.581. The highest BCUT2D eigenvalue weighted by atomic mass is 16.4. The van der Waals surface area contributed by atoms with Crippen LogP contribution in [0.4, 0.5) is 0 Å². The molecule has 0 amide bonds. The molecule has 0 heterocycles. The van der Waals surface area contributed by atoms with Crippen molar-refractivity contribution < 1.29 is 9.90 Å². The molecule has 66 valence electrons. The Morgan fingerprint density at radius 2 is 2.18 bits per heavy atom. The fraction of sp³-hybridized carbons (Fsp3) is 0.857. The first-order valence-corrected chi connectivity index (χ1v) is 3.73. The van der Waals surface area contributed by atoms with Gasteiger partial charge >= 0.3 is 5.97 Å². The van der Waals surface area contributed by atoms with Gasteiger partial charge < -0.3 is 10.8 Å². The highest BCUT2D eigenvalue weighted by Gasteiger charge is 2.11. The number of rotatable bonds is 5. The van der Waals surface area contributed by atoms with Gasteiger partial charge in [0, 0.05) is 19.1 Å². The van der Waals surface area contributed by atoms with Crippen LogP contribution in [0.15, 0.2) is 0 Å². The van der Waals surface area contributed by atoms with Gasteiger partial charge in [0.1, 0.15) is 0 Å². The Morgan fingerprint density at radius 1 is 1.64 bits per heavy atom. The first-order valence-electron chi connectivity index (χ1n) is 3.73. The Balaban J connectivity index is 3.79. The third-order valence-electron chi connectivity index (χ3n) is 1.48. The highest BCUT2D eigenvalue weighted by molar-refractivity contribution is 5.69. The highest BCUT2D eigenvalue weighted by Crippen LogP contribution is 1.95. The van der Waals surface area contributed by atoms with E-state index in [0.29, 0.717) is 13.1 Å². The molecule has 4 nitrogen and oxygen atoms in total. The van der Waals surface area contributed by atoms with E-state index >= 15 is 0 Å². The van der Waals surface area contributed by atoms with Gasteiger partial charge in [0.25, 0.3) is 0 Å². The minimum Gasteiger partial charge on any atom is -0.480 e. The first-order chi connectivity index (χ1) is 5.07. The summed E-state index contributed by atoms with van der Waals surface area (Å²) in [4.78, 5) is 12.1. The summed E-state index contributed by atoms with van der Waals surface area (Å²) in [7, 11) is 0. The number of aliphatic carboxylic acids is 1. The minimum atomic E-state index is -0.799. The van der Waals surface area contributed by atoms with Crippen LogP contribution in [0.2, 0.25) is 0 Å². The summed E-state index contributed by atoms with van der Waals surface area (Å²) in [6, 6.07) is 0.245. The molecule has 3 N–H and O–H groups in total. The Hall–Kier alpha value is -0.610. The SMILES string of the molecule is CC(C)N(CCN)CC(=O)O. The fourth-order valence-corrected chi connectivity index (χ4v) is 0.859. The number of hydrogen-bond acceptors (Lipinski definition) is 3. The number of nitrogens with two attached hydrogens (primary N) is 1. The fourth-order valence-electron chi connectivity index (χ4n) is 0.859. The van der Waals surface area contributed by atoms with Gasteiger partial charge in [0.15, 0.2) is 0 Å². The lowest BCUT2D eigenvalue weighted by molar-refractivity contribution is -0.138. The van der Waals surface area contributed by atoms with Crippen LogP contribution >= 0.6 is 0 Å². The van der Waals surface area contributed by atoms with E-state index in [2.05, 4.69) is 0 Å². The molecule has 0 aromatic rings. The summed E-state index contributed by atoms with van der Waals surface area (Å²) in [5.74, 6) is -0.799. The molecule has 0 aliphatic carbocycles. The molecule has 0 saturated carbocycles. The lowest BCUT2D eigenvalue weighted by Gasteiger charge is -2.23. The van der Waals surface area contributed by atoms with Crippen molar-refractivity contribution >= 4 is 5.97 Å². The molecule has 0 rings (SSSR count). The smallest absolute Gasteiger partial charge is 0.317 e. The van der Waals surface area contributed by atoms with Crippen LogP contribution in [0.25, 0.3) is 0 Å². The lowest BCUT2D eigenvalue weighted by Crippen LogP contribution is -2.39. The monoisotopic (exact) mass is 160 g/mol. The molecule has 4 heteroatoms. The van der Waals surface area contributed by atoms with Crippen LogP contribution < -0.4 is 5.73 Å². The number of carbonyl (C=O) groups is 1. The van der Waals surface area contributed by atoms with Gasteiger partial charge in [-0.2, -0.15) is 0 Å². The Morgan fingerprint density at radius 3 is 2.45 bits per heavy atom. The van der Waals surface area contributed by atoms with E-state index in [4.69, 9.17) is 10.8 Å². The van der Waals surface area contributed by atoms with E-state index in [1.807, 2.05) is 18.7 Å². The topological polar surface area (TPSA) is 66.6 Å². The maximum absolute atomic E-state index is 10.3. The molecule has 0 unspecified atom stereocenters. The maximum atomic E-state index is 10.3. The van der Waals surface area contributed by atoms with Crippen molar-refractivity contribution in [1.82, 2.24) is 4.90 Å². The standard InChI is InChI=1S/C7H16N2O2/c1-6(2)9(4-3-8)5-7(10)11/h6H,3-5,8H2,1-2H3,(H,10,11). The summed E-state index contributed by atoms with van der Waals surface area (Å²) in [6.45, 7) is 5.14. The second-order valence-electron chi connectivity index (χ2n) is 2.75.